The number of pyridine rings is 1. The van der Waals surface area contributed by atoms with Crippen molar-refractivity contribution in [2.45, 2.75) is 19.6 Å². The molecule has 1 unspecified atom stereocenters. The Morgan fingerprint density at radius 1 is 1.09 bits per heavy atom. The number of benzene rings is 2. The molecule has 0 fully saturated rings. The van der Waals surface area contributed by atoms with E-state index in [0.29, 0.717) is 26.3 Å². The molecule has 0 bridgehead atoms. The van der Waals surface area contributed by atoms with E-state index in [2.05, 4.69) is 9.98 Å². The lowest BCUT2D eigenvalue weighted by molar-refractivity contribution is -0.140. The smallest absolute Gasteiger partial charge is 0.338 e. The Hall–Kier alpha value is -4.17. The number of carbonyl (C=O) groups is 1. The molecule has 0 aliphatic carbocycles. The second-order valence-corrected chi connectivity index (χ2v) is 8.96. The molecule has 4 aromatic rings. The topological polar surface area (TPSA) is 73.6 Å². The van der Waals surface area contributed by atoms with Crippen LogP contribution < -0.4 is 14.9 Å². The lowest BCUT2D eigenvalue weighted by Crippen LogP contribution is -2.39. The first-order chi connectivity index (χ1) is 17.0. The summed E-state index contributed by atoms with van der Waals surface area (Å²) in [6.07, 6.45) is 3.34. The fourth-order valence-corrected chi connectivity index (χ4v) is 4.97. The third-order valence-corrected chi connectivity index (χ3v) is 6.59. The molecule has 1 atom stereocenters. The van der Waals surface area contributed by atoms with Crippen molar-refractivity contribution in [3.05, 3.63) is 133 Å². The van der Waals surface area contributed by atoms with E-state index in [9.17, 15) is 14.0 Å². The summed E-state index contributed by atoms with van der Waals surface area (Å²) < 4.78 is 21.2. The molecule has 2 aromatic carbocycles. The van der Waals surface area contributed by atoms with Crippen LogP contribution in [0.15, 0.2) is 100 Å². The number of aromatic nitrogens is 2. The van der Waals surface area contributed by atoms with E-state index < -0.39 is 17.8 Å². The van der Waals surface area contributed by atoms with E-state index in [-0.39, 0.29) is 17.7 Å². The number of carbonyl (C=O) groups excluding carboxylic acids is 1. The first-order valence-electron chi connectivity index (χ1n) is 10.9. The van der Waals surface area contributed by atoms with Gasteiger partial charge >= 0.3 is 5.97 Å². The fourth-order valence-electron chi connectivity index (χ4n) is 3.94. The summed E-state index contributed by atoms with van der Waals surface area (Å²) in [5.41, 5.74) is 2.43. The van der Waals surface area contributed by atoms with Gasteiger partial charge < -0.3 is 4.74 Å². The number of thiazole rings is 1. The van der Waals surface area contributed by atoms with E-state index >= 15 is 0 Å². The molecule has 0 N–H and O–H groups in total. The Morgan fingerprint density at radius 3 is 2.54 bits per heavy atom. The average molecular weight is 486 g/mol. The number of nitrogens with zero attached hydrogens (tertiary/aromatic N) is 3. The number of hydrogen-bond donors (Lipinski definition) is 0. The highest BCUT2D eigenvalue weighted by Gasteiger charge is 2.33. The minimum Gasteiger partial charge on any atom is -0.457 e. The highest BCUT2D eigenvalue weighted by atomic mass is 32.1. The maximum absolute atomic E-state index is 13.7. The van der Waals surface area contributed by atoms with E-state index in [1.54, 1.807) is 43.5 Å². The van der Waals surface area contributed by atoms with Crippen LogP contribution in [0.3, 0.4) is 0 Å². The van der Waals surface area contributed by atoms with Crippen molar-refractivity contribution in [2.24, 2.45) is 4.99 Å². The summed E-state index contributed by atoms with van der Waals surface area (Å²) in [6, 6.07) is 19.7. The molecular formula is C27H20FN3O3S. The lowest BCUT2D eigenvalue weighted by Gasteiger charge is -2.24. The Kier molecular flexibility index (Phi) is 6.20. The zero-order valence-electron chi connectivity index (χ0n) is 18.7. The standard InChI is InChI=1S/C27H20FN3O3S/c1-17-23(26(33)34-16-18-7-3-2-4-8-18)24(19-10-12-20(28)13-11-19)31-25(32)22(35-27(31)30-17)15-21-9-5-6-14-29-21/h2-15,24H,16H2,1H3. The fraction of sp³-hybridized carbons (Fsp3) is 0.111. The summed E-state index contributed by atoms with van der Waals surface area (Å²) in [5, 5.41) is 0. The zero-order valence-corrected chi connectivity index (χ0v) is 19.5. The lowest BCUT2D eigenvalue weighted by atomic mass is 9.96. The van der Waals surface area contributed by atoms with Gasteiger partial charge in [0.05, 0.1) is 27.5 Å². The van der Waals surface area contributed by atoms with Gasteiger partial charge in [-0.05, 0) is 48.4 Å². The van der Waals surface area contributed by atoms with Gasteiger partial charge in [0.1, 0.15) is 12.4 Å². The maximum atomic E-state index is 13.7. The van der Waals surface area contributed by atoms with Gasteiger partial charge in [0, 0.05) is 6.20 Å². The van der Waals surface area contributed by atoms with Crippen molar-refractivity contribution in [1.29, 1.82) is 0 Å². The third-order valence-electron chi connectivity index (χ3n) is 5.61. The second kappa shape index (κ2) is 9.60. The zero-order chi connectivity index (χ0) is 24.4. The van der Waals surface area contributed by atoms with Crippen molar-refractivity contribution in [1.82, 2.24) is 9.55 Å². The molecule has 0 spiro atoms. The van der Waals surface area contributed by atoms with Crippen LogP contribution in [0.1, 0.15) is 29.8 Å². The van der Waals surface area contributed by atoms with E-state index in [0.717, 1.165) is 5.56 Å². The number of fused-ring (bicyclic) bond motifs is 1. The van der Waals surface area contributed by atoms with Crippen molar-refractivity contribution >= 4 is 23.4 Å². The Morgan fingerprint density at radius 2 is 1.83 bits per heavy atom. The molecule has 5 rings (SSSR count). The van der Waals surface area contributed by atoms with Crippen LogP contribution >= 0.6 is 11.3 Å². The van der Waals surface area contributed by atoms with E-state index in [1.807, 2.05) is 36.4 Å². The second-order valence-electron chi connectivity index (χ2n) is 7.95. The molecule has 35 heavy (non-hydrogen) atoms. The first kappa shape index (κ1) is 22.6. The molecule has 1 aliphatic heterocycles. The Bertz CT molecular complexity index is 1590. The SMILES string of the molecule is CC1=C(C(=O)OCc2ccccc2)C(c2ccc(F)cc2)n2c(sc(=Cc3ccccn3)c2=O)=N1. The van der Waals surface area contributed by atoms with Crippen molar-refractivity contribution in [3.8, 4) is 0 Å². The van der Waals surface area contributed by atoms with Gasteiger partial charge in [-0.1, -0.05) is 59.9 Å². The Labute approximate surface area is 204 Å². The van der Waals surface area contributed by atoms with Crippen LogP contribution in [0.4, 0.5) is 4.39 Å². The predicted molar refractivity (Wildman–Crippen MR) is 131 cm³/mol. The molecule has 8 heteroatoms. The van der Waals surface area contributed by atoms with Crippen molar-refractivity contribution in [3.63, 3.8) is 0 Å². The number of hydrogen-bond acceptors (Lipinski definition) is 6. The Balaban J connectivity index is 1.61. The van der Waals surface area contributed by atoms with Crippen LogP contribution in [-0.2, 0) is 16.1 Å². The van der Waals surface area contributed by atoms with Crippen LogP contribution in [-0.4, -0.2) is 15.5 Å². The number of ether oxygens (including phenoxy) is 1. The summed E-state index contributed by atoms with van der Waals surface area (Å²) >= 11 is 1.21. The van der Waals surface area contributed by atoms with Crippen LogP contribution in [0.2, 0.25) is 0 Å². The number of allylic oxidation sites excluding steroid dienone is 1. The number of rotatable bonds is 5. The number of halogens is 1. The minimum absolute atomic E-state index is 0.0800. The average Bonchev–Trinajstić information content (AvgIpc) is 3.17. The minimum atomic E-state index is -0.805. The van der Waals surface area contributed by atoms with Crippen LogP contribution in [0, 0.1) is 5.82 Å². The predicted octanol–water partition coefficient (Wildman–Crippen LogP) is 3.51. The molecule has 0 saturated carbocycles. The molecule has 3 heterocycles. The van der Waals surface area contributed by atoms with Crippen LogP contribution in [0.5, 0.6) is 0 Å². The van der Waals surface area contributed by atoms with Gasteiger partial charge in [0.25, 0.3) is 5.56 Å². The molecular weight excluding hydrogens is 465 g/mol. The van der Waals surface area contributed by atoms with Gasteiger partial charge in [-0.25, -0.2) is 14.2 Å². The quantitative estimate of drug-likeness (QED) is 0.406. The molecule has 1 aliphatic rings. The van der Waals surface area contributed by atoms with Crippen molar-refractivity contribution in [2.75, 3.05) is 0 Å². The van der Waals surface area contributed by atoms with Gasteiger partial charge in [-0.2, -0.15) is 0 Å². The summed E-state index contributed by atoms with van der Waals surface area (Å²) in [4.78, 5) is 36.1. The monoisotopic (exact) mass is 485 g/mol. The molecule has 0 saturated heterocycles. The first-order valence-corrected chi connectivity index (χ1v) is 11.7. The molecule has 6 nitrogen and oxygen atoms in total. The van der Waals surface area contributed by atoms with Gasteiger partial charge in [-0.3, -0.25) is 14.3 Å². The summed E-state index contributed by atoms with van der Waals surface area (Å²) in [6.45, 7) is 1.79. The van der Waals surface area contributed by atoms with E-state index in [1.165, 1.54) is 28.0 Å². The van der Waals surface area contributed by atoms with Gasteiger partial charge in [0.2, 0.25) is 0 Å². The molecule has 0 radical (unpaired) electrons. The summed E-state index contributed by atoms with van der Waals surface area (Å²) in [5.74, 6) is -0.992. The van der Waals surface area contributed by atoms with Gasteiger partial charge in [-0.15, -0.1) is 0 Å². The third kappa shape index (κ3) is 4.61. The number of esters is 1. The normalized spacial score (nSPS) is 15.5. The summed E-state index contributed by atoms with van der Waals surface area (Å²) in [7, 11) is 0. The maximum Gasteiger partial charge on any atom is 0.338 e. The highest BCUT2D eigenvalue weighted by Crippen LogP contribution is 2.31. The molecule has 174 valence electrons. The van der Waals surface area contributed by atoms with Crippen LogP contribution in [0.25, 0.3) is 6.08 Å². The highest BCUT2D eigenvalue weighted by molar-refractivity contribution is 7.07. The largest absolute Gasteiger partial charge is 0.457 e. The van der Waals surface area contributed by atoms with Gasteiger partial charge in [0.15, 0.2) is 4.80 Å². The van der Waals surface area contributed by atoms with Crippen molar-refractivity contribution < 1.29 is 13.9 Å². The molecule has 2 aromatic heterocycles. The molecule has 0 amide bonds. The van der Waals surface area contributed by atoms with E-state index in [4.69, 9.17) is 4.74 Å².